The number of nitrogens with zero attached hydrogens (tertiary/aromatic N) is 4. The van der Waals surface area contributed by atoms with Crippen LogP contribution in [-0.4, -0.2) is 25.6 Å². The molecule has 0 aliphatic heterocycles. The summed E-state index contributed by atoms with van der Waals surface area (Å²) in [5.41, 5.74) is 7.63. The first-order valence-corrected chi connectivity index (χ1v) is 4.89. The maximum absolute atomic E-state index is 5.60. The molecule has 2 aromatic heterocycles. The first kappa shape index (κ1) is 9.52. The molecule has 0 atom stereocenters. The van der Waals surface area contributed by atoms with Gasteiger partial charge in [0, 0.05) is 11.3 Å². The van der Waals surface area contributed by atoms with E-state index in [9.17, 15) is 0 Å². The first-order chi connectivity index (χ1) is 8.33. The zero-order chi connectivity index (χ0) is 11.7. The Morgan fingerprint density at radius 2 is 2.00 bits per heavy atom. The average Bonchev–Trinajstić information content (AvgIpc) is 3.00. The van der Waals surface area contributed by atoms with E-state index in [0.717, 1.165) is 5.56 Å². The van der Waals surface area contributed by atoms with Gasteiger partial charge in [-0.05, 0) is 24.3 Å². The van der Waals surface area contributed by atoms with Crippen molar-refractivity contribution in [2.75, 3.05) is 5.73 Å². The monoisotopic (exact) mass is 228 g/mol. The van der Waals surface area contributed by atoms with Gasteiger partial charge in [-0.3, -0.25) is 0 Å². The van der Waals surface area contributed by atoms with Gasteiger partial charge in [0.15, 0.2) is 5.69 Å². The lowest BCUT2D eigenvalue weighted by atomic mass is 10.2. The number of aromatic amines is 1. The summed E-state index contributed by atoms with van der Waals surface area (Å²) in [6, 6.07) is 7.21. The molecular weight excluding hydrogens is 220 g/mol. The Morgan fingerprint density at radius 3 is 2.71 bits per heavy atom. The van der Waals surface area contributed by atoms with E-state index < -0.39 is 0 Å². The molecule has 0 radical (unpaired) electrons. The summed E-state index contributed by atoms with van der Waals surface area (Å²) >= 11 is 0. The number of rotatable bonds is 2. The SMILES string of the molecule is Nc1ccc(-c2noc(-c3cn[nH]n3)n2)cc1. The Labute approximate surface area is 95.7 Å². The van der Waals surface area contributed by atoms with Gasteiger partial charge in [-0.15, -0.1) is 0 Å². The van der Waals surface area contributed by atoms with E-state index in [4.69, 9.17) is 10.3 Å². The van der Waals surface area contributed by atoms with Crippen molar-refractivity contribution in [2.24, 2.45) is 0 Å². The van der Waals surface area contributed by atoms with Gasteiger partial charge in [0.25, 0.3) is 5.89 Å². The molecule has 0 saturated carbocycles. The molecule has 0 aliphatic rings. The highest BCUT2D eigenvalue weighted by atomic mass is 16.5. The molecule has 17 heavy (non-hydrogen) atoms. The van der Waals surface area contributed by atoms with Crippen LogP contribution in [0.3, 0.4) is 0 Å². The minimum Gasteiger partial charge on any atom is -0.399 e. The van der Waals surface area contributed by atoms with Crippen molar-refractivity contribution in [3.05, 3.63) is 30.5 Å². The highest BCUT2D eigenvalue weighted by Gasteiger charge is 2.12. The van der Waals surface area contributed by atoms with Crippen LogP contribution in [-0.2, 0) is 0 Å². The average molecular weight is 228 g/mol. The third kappa shape index (κ3) is 1.73. The molecule has 7 nitrogen and oxygen atoms in total. The first-order valence-electron chi connectivity index (χ1n) is 4.89. The van der Waals surface area contributed by atoms with Crippen molar-refractivity contribution in [3.63, 3.8) is 0 Å². The highest BCUT2D eigenvalue weighted by Crippen LogP contribution is 2.20. The highest BCUT2D eigenvalue weighted by molar-refractivity contribution is 5.60. The molecule has 3 rings (SSSR count). The van der Waals surface area contributed by atoms with Crippen LogP contribution in [0.2, 0.25) is 0 Å². The lowest BCUT2D eigenvalue weighted by Crippen LogP contribution is -1.85. The van der Waals surface area contributed by atoms with E-state index in [1.165, 1.54) is 6.20 Å². The number of hydrogen-bond acceptors (Lipinski definition) is 6. The van der Waals surface area contributed by atoms with Crippen LogP contribution in [0.15, 0.2) is 35.0 Å². The fourth-order valence-corrected chi connectivity index (χ4v) is 1.38. The van der Waals surface area contributed by atoms with E-state index in [1.807, 2.05) is 12.1 Å². The minimum atomic E-state index is 0.325. The van der Waals surface area contributed by atoms with Gasteiger partial charge < -0.3 is 10.3 Å². The number of aromatic nitrogens is 5. The minimum absolute atomic E-state index is 0.325. The van der Waals surface area contributed by atoms with Gasteiger partial charge >= 0.3 is 0 Å². The fraction of sp³-hybridized carbons (Fsp3) is 0. The summed E-state index contributed by atoms with van der Waals surface area (Å²) in [5.74, 6) is 0.813. The Bertz CT molecular complexity index is 613. The molecule has 7 heteroatoms. The van der Waals surface area contributed by atoms with Gasteiger partial charge in [0.1, 0.15) is 0 Å². The zero-order valence-electron chi connectivity index (χ0n) is 8.66. The number of nitrogen functional groups attached to an aromatic ring is 1. The molecule has 0 saturated heterocycles. The molecule has 0 aliphatic carbocycles. The van der Waals surface area contributed by atoms with E-state index in [2.05, 4.69) is 25.6 Å². The van der Waals surface area contributed by atoms with Crippen molar-refractivity contribution < 1.29 is 4.52 Å². The zero-order valence-corrected chi connectivity index (χ0v) is 8.66. The molecule has 3 aromatic rings. The molecule has 84 valence electrons. The smallest absolute Gasteiger partial charge is 0.280 e. The summed E-state index contributed by atoms with van der Waals surface area (Å²) in [7, 11) is 0. The molecule has 0 bridgehead atoms. The molecule has 0 unspecified atom stereocenters. The van der Waals surface area contributed by atoms with Gasteiger partial charge in [-0.2, -0.15) is 20.4 Å². The molecule has 0 amide bonds. The standard InChI is InChI=1S/C10H8N6O/c11-7-3-1-6(2-4-7)9-13-10(17-15-9)8-5-12-16-14-8/h1-5H,11H2,(H,12,14,16). The fourth-order valence-electron chi connectivity index (χ4n) is 1.38. The number of nitrogens with two attached hydrogens (primary N) is 1. The maximum atomic E-state index is 5.60. The van der Waals surface area contributed by atoms with Crippen molar-refractivity contribution in [1.29, 1.82) is 0 Å². The van der Waals surface area contributed by atoms with Gasteiger partial charge in [-0.25, -0.2) is 0 Å². The topological polar surface area (TPSA) is 107 Å². The number of hydrogen-bond donors (Lipinski definition) is 2. The van der Waals surface area contributed by atoms with Gasteiger partial charge in [-0.1, -0.05) is 5.16 Å². The Balaban J connectivity index is 1.98. The molecule has 0 fully saturated rings. The quantitative estimate of drug-likeness (QED) is 0.636. The predicted molar refractivity (Wildman–Crippen MR) is 59.5 cm³/mol. The lowest BCUT2D eigenvalue weighted by molar-refractivity contribution is 0.431. The third-order valence-corrected chi connectivity index (χ3v) is 2.23. The number of benzene rings is 1. The summed E-state index contributed by atoms with van der Waals surface area (Å²) < 4.78 is 5.08. The summed E-state index contributed by atoms with van der Waals surface area (Å²) in [6.45, 7) is 0. The van der Waals surface area contributed by atoms with Crippen LogP contribution in [0.5, 0.6) is 0 Å². The second kappa shape index (κ2) is 3.71. The Kier molecular flexibility index (Phi) is 2.08. The second-order valence-electron chi connectivity index (χ2n) is 3.40. The Hall–Kier alpha value is -2.70. The summed E-state index contributed by atoms with van der Waals surface area (Å²) in [5, 5.41) is 13.9. The second-order valence-corrected chi connectivity index (χ2v) is 3.40. The van der Waals surface area contributed by atoms with Crippen molar-refractivity contribution in [2.45, 2.75) is 0 Å². The summed E-state index contributed by atoms with van der Waals surface area (Å²) in [4.78, 5) is 4.21. The van der Waals surface area contributed by atoms with E-state index in [-0.39, 0.29) is 0 Å². The molecule has 1 aromatic carbocycles. The van der Waals surface area contributed by atoms with E-state index in [0.29, 0.717) is 23.1 Å². The molecule has 0 spiro atoms. The van der Waals surface area contributed by atoms with Crippen LogP contribution < -0.4 is 5.73 Å². The van der Waals surface area contributed by atoms with Crippen LogP contribution >= 0.6 is 0 Å². The van der Waals surface area contributed by atoms with Crippen LogP contribution in [0.25, 0.3) is 23.0 Å². The van der Waals surface area contributed by atoms with Gasteiger partial charge in [0.05, 0.1) is 6.20 Å². The molecule has 2 heterocycles. The number of anilines is 1. The van der Waals surface area contributed by atoms with E-state index in [1.54, 1.807) is 12.1 Å². The maximum Gasteiger partial charge on any atom is 0.280 e. The van der Waals surface area contributed by atoms with Crippen LogP contribution in [0, 0.1) is 0 Å². The lowest BCUT2D eigenvalue weighted by Gasteiger charge is -1.94. The number of nitrogens with one attached hydrogen (secondary N) is 1. The van der Waals surface area contributed by atoms with E-state index >= 15 is 0 Å². The van der Waals surface area contributed by atoms with Crippen molar-refractivity contribution >= 4 is 5.69 Å². The largest absolute Gasteiger partial charge is 0.399 e. The molecular formula is C10H8N6O. The third-order valence-electron chi connectivity index (χ3n) is 2.23. The normalized spacial score (nSPS) is 10.6. The van der Waals surface area contributed by atoms with Crippen LogP contribution in [0.1, 0.15) is 0 Å². The summed E-state index contributed by atoms with van der Waals surface area (Å²) in [6.07, 6.45) is 1.51. The predicted octanol–water partition coefficient (Wildman–Crippen LogP) is 1.10. The van der Waals surface area contributed by atoms with Crippen molar-refractivity contribution in [3.8, 4) is 23.0 Å². The number of H-pyrrole nitrogens is 1. The van der Waals surface area contributed by atoms with Crippen LogP contribution in [0.4, 0.5) is 5.69 Å². The van der Waals surface area contributed by atoms with Crippen molar-refractivity contribution in [1.82, 2.24) is 25.6 Å². The Morgan fingerprint density at radius 1 is 1.18 bits per heavy atom. The van der Waals surface area contributed by atoms with Gasteiger partial charge in [0.2, 0.25) is 5.82 Å². The molecule has 3 N–H and O–H groups in total.